The van der Waals surface area contributed by atoms with Crippen LogP contribution in [0.4, 0.5) is 10.5 Å². The van der Waals surface area contributed by atoms with Gasteiger partial charge in [-0.1, -0.05) is 23.7 Å². The fraction of sp³-hybridized carbons (Fsp3) is 0.320. The second-order valence-electron chi connectivity index (χ2n) is 8.88. The van der Waals surface area contributed by atoms with Crippen LogP contribution < -0.4 is 10.1 Å². The summed E-state index contributed by atoms with van der Waals surface area (Å²) in [5.74, 6) is 0.751. The fourth-order valence-electron chi connectivity index (χ4n) is 3.93. The Morgan fingerprint density at radius 1 is 1.14 bits per heavy atom. The lowest BCUT2D eigenvalue weighted by atomic mass is 10.2. The van der Waals surface area contributed by atoms with Gasteiger partial charge in [-0.15, -0.1) is 0 Å². The van der Waals surface area contributed by atoms with Gasteiger partial charge in [0.2, 0.25) is 5.96 Å². The summed E-state index contributed by atoms with van der Waals surface area (Å²) in [6.45, 7) is 5.04. The summed E-state index contributed by atoms with van der Waals surface area (Å²) < 4.78 is 22.0. The number of nitrogens with one attached hydrogen (secondary N) is 1. The molecule has 0 aliphatic carbocycles. The zero-order valence-electron chi connectivity index (χ0n) is 19.9. The van der Waals surface area contributed by atoms with E-state index in [1.807, 2.05) is 38.1 Å². The highest BCUT2D eigenvalue weighted by atomic mass is 35.5. The summed E-state index contributed by atoms with van der Waals surface area (Å²) in [6, 6.07) is 16.1. The van der Waals surface area contributed by atoms with Crippen LogP contribution in [-0.4, -0.2) is 58.7 Å². The normalized spacial score (nSPS) is 19.4. The van der Waals surface area contributed by atoms with Crippen LogP contribution in [-0.2, 0) is 16.0 Å². The lowest BCUT2D eigenvalue weighted by Crippen LogP contribution is -2.54. The number of anilines is 1. The summed E-state index contributed by atoms with van der Waals surface area (Å²) in [7, 11) is 0. The van der Waals surface area contributed by atoms with E-state index in [1.54, 1.807) is 40.1 Å². The van der Waals surface area contributed by atoms with Crippen molar-refractivity contribution in [2.75, 3.05) is 25.1 Å². The number of halogens is 1. The van der Waals surface area contributed by atoms with Crippen molar-refractivity contribution in [2.24, 2.45) is 4.99 Å². The van der Waals surface area contributed by atoms with Gasteiger partial charge in [0, 0.05) is 16.8 Å². The third-order valence-electron chi connectivity index (χ3n) is 5.64. The van der Waals surface area contributed by atoms with Crippen molar-refractivity contribution in [3.63, 3.8) is 0 Å². The molecule has 5 rings (SSSR count). The van der Waals surface area contributed by atoms with Gasteiger partial charge < -0.3 is 29.0 Å². The SMILES string of the molecule is CC1(C)OC[C@H](CN2CN=C(Nc3ccc(Oc4ccon4)cc3)N(Cc3ccc(Cl)cc3)C2=O)O1. The van der Waals surface area contributed by atoms with Gasteiger partial charge in [-0.2, -0.15) is 0 Å². The van der Waals surface area contributed by atoms with E-state index in [2.05, 4.69) is 15.5 Å². The maximum absolute atomic E-state index is 13.6. The molecule has 1 fully saturated rings. The number of hydrogen-bond donors (Lipinski definition) is 1. The van der Waals surface area contributed by atoms with E-state index in [4.69, 9.17) is 30.3 Å². The van der Waals surface area contributed by atoms with Crippen LogP contribution in [0, 0.1) is 0 Å². The summed E-state index contributed by atoms with van der Waals surface area (Å²) in [5.41, 5.74) is 1.67. The number of nitrogens with zero attached hydrogens (tertiary/aromatic N) is 4. The first-order valence-corrected chi connectivity index (χ1v) is 11.8. The van der Waals surface area contributed by atoms with Gasteiger partial charge in [-0.25, -0.2) is 9.79 Å². The standard InChI is InChI=1S/C25H26ClN5O5/c1-25(2)33-15-21(36-25)14-30-16-27-23(31(24(30)32)13-17-3-5-18(26)6-4-17)28-19-7-9-20(10-8-19)35-22-11-12-34-29-22/h3-12,21H,13-16H2,1-2H3,(H,27,28)/t21-/m0/s1. The van der Waals surface area contributed by atoms with Gasteiger partial charge in [0.15, 0.2) is 5.79 Å². The number of aromatic nitrogens is 1. The Kier molecular flexibility index (Phi) is 6.82. The summed E-state index contributed by atoms with van der Waals surface area (Å²) in [4.78, 5) is 21.5. The van der Waals surface area contributed by atoms with Crippen LogP contribution in [0.15, 0.2) is 70.4 Å². The molecule has 1 aromatic heterocycles. The molecule has 2 aliphatic heterocycles. The lowest BCUT2D eigenvalue weighted by Gasteiger charge is -2.36. The predicted octanol–water partition coefficient (Wildman–Crippen LogP) is 4.94. The number of benzene rings is 2. The van der Waals surface area contributed by atoms with Crippen LogP contribution in [0.1, 0.15) is 19.4 Å². The number of aliphatic imine (C=N–C) groups is 1. The Labute approximate surface area is 213 Å². The van der Waals surface area contributed by atoms with E-state index in [1.165, 1.54) is 6.26 Å². The molecular formula is C25H26ClN5O5. The van der Waals surface area contributed by atoms with Crippen LogP contribution in [0.2, 0.25) is 5.02 Å². The molecule has 0 bridgehead atoms. The van der Waals surface area contributed by atoms with Crippen molar-refractivity contribution in [1.29, 1.82) is 0 Å². The molecule has 0 unspecified atom stereocenters. The Balaban J connectivity index is 1.32. The summed E-state index contributed by atoms with van der Waals surface area (Å²) >= 11 is 6.05. The van der Waals surface area contributed by atoms with Gasteiger partial charge in [0.05, 0.1) is 19.7 Å². The highest BCUT2D eigenvalue weighted by molar-refractivity contribution is 6.30. The van der Waals surface area contributed by atoms with Gasteiger partial charge >= 0.3 is 6.03 Å². The smallest absolute Gasteiger partial charge is 0.328 e. The van der Waals surface area contributed by atoms with Crippen molar-refractivity contribution in [3.05, 3.63) is 71.4 Å². The minimum absolute atomic E-state index is 0.179. The summed E-state index contributed by atoms with van der Waals surface area (Å²) in [5, 5.41) is 7.63. The second kappa shape index (κ2) is 10.2. The molecular weight excluding hydrogens is 486 g/mol. The Bertz CT molecular complexity index is 1210. The Hall–Kier alpha value is -3.60. The molecule has 11 heteroatoms. The second-order valence-corrected chi connectivity index (χ2v) is 9.32. The van der Waals surface area contributed by atoms with Gasteiger partial charge in [-0.05, 0) is 61.0 Å². The number of carbonyl (C=O) groups excluding carboxylic acids is 1. The highest BCUT2D eigenvalue weighted by Gasteiger charge is 2.37. The highest BCUT2D eigenvalue weighted by Crippen LogP contribution is 2.25. The third-order valence-corrected chi connectivity index (χ3v) is 5.89. The first kappa shape index (κ1) is 24.1. The number of guanidine groups is 1. The van der Waals surface area contributed by atoms with Crippen LogP contribution in [0.5, 0.6) is 11.6 Å². The first-order chi connectivity index (χ1) is 17.3. The molecule has 1 atom stereocenters. The molecule has 0 saturated carbocycles. The molecule has 36 heavy (non-hydrogen) atoms. The zero-order chi connectivity index (χ0) is 25.1. The number of carbonyl (C=O) groups is 1. The Morgan fingerprint density at radius 2 is 1.92 bits per heavy atom. The molecule has 2 amide bonds. The molecule has 0 radical (unpaired) electrons. The third kappa shape index (κ3) is 5.78. The molecule has 188 valence electrons. The van der Waals surface area contributed by atoms with Crippen molar-refractivity contribution in [2.45, 2.75) is 32.3 Å². The summed E-state index contributed by atoms with van der Waals surface area (Å²) in [6.07, 6.45) is 1.22. The molecule has 2 aromatic carbocycles. The largest absolute Gasteiger partial charge is 0.436 e. The van der Waals surface area contributed by atoms with Crippen molar-refractivity contribution >= 4 is 29.3 Å². The Morgan fingerprint density at radius 3 is 2.58 bits per heavy atom. The van der Waals surface area contributed by atoms with E-state index < -0.39 is 5.79 Å². The van der Waals surface area contributed by atoms with Gasteiger partial charge in [0.1, 0.15) is 24.8 Å². The monoisotopic (exact) mass is 511 g/mol. The van der Waals surface area contributed by atoms with Gasteiger partial charge in [0.25, 0.3) is 5.88 Å². The van der Waals surface area contributed by atoms with Crippen LogP contribution in [0.3, 0.4) is 0 Å². The molecule has 2 aliphatic rings. The molecule has 3 aromatic rings. The number of ether oxygens (including phenoxy) is 3. The minimum Gasteiger partial charge on any atom is -0.436 e. The fourth-order valence-corrected chi connectivity index (χ4v) is 4.05. The molecule has 0 spiro atoms. The lowest BCUT2D eigenvalue weighted by molar-refractivity contribution is -0.139. The minimum atomic E-state index is -0.661. The zero-order valence-corrected chi connectivity index (χ0v) is 20.6. The van der Waals surface area contributed by atoms with E-state index in [0.29, 0.717) is 42.3 Å². The van der Waals surface area contributed by atoms with Gasteiger partial charge in [-0.3, -0.25) is 4.90 Å². The average molecular weight is 512 g/mol. The van der Waals surface area contributed by atoms with E-state index in [9.17, 15) is 4.79 Å². The maximum atomic E-state index is 13.6. The topological polar surface area (TPSA) is 102 Å². The molecule has 10 nitrogen and oxygen atoms in total. The molecule has 1 N–H and O–H groups in total. The predicted molar refractivity (Wildman–Crippen MR) is 133 cm³/mol. The van der Waals surface area contributed by atoms with E-state index in [-0.39, 0.29) is 18.8 Å². The number of rotatable bonds is 7. The molecule has 1 saturated heterocycles. The quantitative estimate of drug-likeness (QED) is 0.479. The molecule has 3 heterocycles. The van der Waals surface area contributed by atoms with Crippen LogP contribution in [0.25, 0.3) is 0 Å². The number of hydrogen-bond acceptors (Lipinski definition) is 8. The number of urea groups is 1. The van der Waals surface area contributed by atoms with Crippen molar-refractivity contribution < 1.29 is 23.5 Å². The van der Waals surface area contributed by atoms with Crippen LogP contribution >= 0.6 is 11.6 Å². The van der Waals surface area contributed by atoms with Crippen molar-refractivity contribution in [3.8, 4) is 11.6 Å². The van der Waals surface area contributed by atoms with E-state index >= 15 is 0 Å². The number of amides is 2. The van der Waals surface area contributed by atoms with Crippen molar-refractivity contribution in [1.82, 2.24) is 15.0 Å². The van der Waals surface area contributed by atoms with E-state index in [0.717, 1.165) is 11.3 Å². The first-order valence-electron chi connectivity index (χ1n) is 11.5. The maximum Gasteiger partial charge on any atom is 0.328 e. The average Bonchev–Trinajstić information content (AvgIpc) is 3.49.